The molecule has 6 heteroatoms. The third-order valence-corrected chi connectivity index (χ3v) is 6.34. The lowest BCUT2D eigenvalue weighted by atomic mass is 10.5. The number of hydrogen-bond acceptors (Lipinski definition) is 2. The molecule has 0 spiro atoms. The van der Waals surface area contributed by atoms with Crippen molar-refractivity contribution in [1.82, 2.24) is 0 Å². The summed E-state index contributed by atoms with van der Waals surface area (Å²) in [5.74, 6) is -0.215. The van der Waals surface area contributed by atoms with Crippen molar-refractivity contribution in [2.75, 3.05) is 0 Å². The molecule has 0 aromatic rings. The minimum atomic E-state index is -2.19. The van der Waals surface area contributed by atoms with Crippen molar-refractivity contribution in [3.63, 3.8) is 0 Å². The lowest BCUT2D eigenvalue weighted by molar-refractivity contribution is 1.31. The Morgan fingerprint density at radius 2 is 2.30 bits per heavy atom. The Hall–Kier alpha value is 0.390. The van der Waals surface area contributed by atoms with Crippen LogP contribution in [-0.2, 0) is 0 Å². The van der Waals surface area contributed by atoms with Gasteiger partial charge < -0.3 is 0 Å². The van der Waals surface area contributed by atoms with Crippen LogP contribution in [0.5, 0.6) is 0 Å². The monoisotopic (exact) mass is 210 g/mol. The summed E-state index contributed by atoms with van der Waals surface area (Å²) in [6, 6.07) is 0. The third-order valence-electron chi connectivity index (χ3n) is 1.18. The fourth-order valence-electron chi connectivity index (χ4n) is 0.751. The van der Waals surface area contributed by atoms with E-state index in [0.717, 1.165) is 18.9 Å². The molecule has 0 fully saturated rings. The molecule has 52 valence electrons. The first-order valence-corrected chi connectivity index (χ1v) is 7.05. The van der Waals surface area contributed by atoms with Gasteiger partial charge in [0.05, 0.1) is 5.03 Å². The highest BCUT2D eigenvalue weighted by atomic mass is 35.9. The molecule has 0 saturated heterocycles. The largest absolute Gasteiger partial charge is 0.199 e. The van der Waals surface area contributed by atoms with Gasteiger partial charge >= 0.3 is 0 Å². The second kappa shape index (κ2) is 2.19. The highest BCUT2D eigenvalue weighted by Crippen LogP contribution is 2.67. The SMILES string of the molecule is ClP1(Cl)=C2P=CC=C2N=N1. The molecule has 10 heavy (non-hydrogen) atoms. The zero-order valence-corrected chi connectivity index (χ0v) is 8.00. The van der Waals surface area contributed by atoms with Crippen LogP contribution in [-0.4, -0.2) is 10.8 Å². The van der Waals surface area contributed by atoms with E-state index in [1.807, 2.05) is 11.9 Å². The van der Waals surface area contributed by atoms with Gasteiger partial charge in [0.1, 0.15) is 5.70 Å². The Bertz CT molecular complexity index is 322. The number of fused-ring (bicyclic) bond motifs is 1. The van der Waals surface area contributed by atoms with Gasteiger partial charge in [0.15, 0.2) is 5.74 Å². The second-order valence-corrected chi connectivity index (χ2v) is 8.23. The predicted octanol–water partition coefficient (Wildman–Crippen LogP) is 3.47. The molecule has 2 aliphatic rings. The highest BCUT2D eigenvalue weighted by Gasteiger charge is 2.26. The van der Waals surface area contributed by atoms with E-state index in [1.165, 1.54) is 0 Å². The number of rotatable bonds is 0. The molecule has 2 rings (SSSR count). The molecular weight excluding hydrogens is 209 g/mol. The molecule has 0 atom stereocenters. The number of nitrogens with zero attached hydrogens (tertiary/aromatic N) is 2. The van der Waals surface area contributed by atoms with E-state index >= 15 is 0 Å². The van der Waals surface area contributed by atoms with Crippen LogP contribution >= 0.6 is 36.4 Å². The summed E-state index contributed by atoms with van der Waals surface area (Å²) in [6.07, 6.45) is 1.90. The first-order valence-electron chi connectivity index (χ1n) is 2.54. The van der Waals surface area contributed by atoms with Crippen LogP contribution in [0, 0.1) is 0 Å². The number of hydrogen-bond donors (Lipinski definition) is 0. The lowest BCUT2D eigenvalue weighted by Gasteiger charge is -1.95. The zero-order valence-electron chi connectivity index (χ0n) is 4.70. The maximum Gasteiger partial charge on any atom is 0.199 e. The molecule has 2 heterocycles. The predicted molar refractivity (Wildman–Crippen MR) is 49.6 cm³/mol. The van der Waals surface area contributed by atoms with Crippen molar-refractivity contribution in [1.29, 1.82) is 0 Å². The van der Waals surface area contributed by atoms with E-state index in [-0.39, 0.29) is 0 Å². The van der Waals surface area contributed by atoms with Crippen LogP contribution in [0.25, 0.3) is 0 Å². The van der Waals surface area contributed by atoms with Crippen LogP contribution < -0.4 is 0 Å². The Morgan fingerprint density at radius 1 is 1.50 bits per heavy atom. The maximum atomic E-state index is 5.88. The van der Waals surface area contributed by atoms with Crippen LogP contribution in [0.4, 0.5) is 0 Å². The van der Waals surface area contributed by atoms with Crippen LogP contribution in [0.1, 0.15) is 0 Å². The molecule has 0 unspecified atom stereocenters. The zero-order chi connectivity index (χ0) is 7.19. The van der Waals surface area contributed by atoms with Crippen LogP contribution in [0.15, 0.2) is 21.8 Å². The van der Waals surface area contributed by atoms with Gasteiger partial charge in [0.2, 0.25) is 0 Å². The molecule has 0 radical (unpaired) electrons. The summed E-state index contributed by atoms with van der Waals surface area (Å²) in [5.41, 5.74) is 0.861. The molecule has 0 saturated carbocycles. The third kappa shape index (κ3) is 0.914. The van der Waals surface area contributed by atoms with Crippen LogP contribution in [0.3, 0.4) is 0 Å². The molecule has 0 aromatic heterocycles. The highest BCUT2D eigenvalue weighted by molar-refractivity contribution is 8.20. The van der Waals surface area contributed by atoms with E-state index in [1.54, 1.807) is 0 Å². The van der Waals surface area contributed by atoms with Crippen molar-refractivity contribution in [3.05, 3.63) is 11.8 Å². The Morgan fingerprint density at radius 3 is 3.00 bits per heavy atom. The molecule has 0 aliphatic carbocycles. The normalized spacial score (nSPS) is 27.0. The summed E-state index contributed by atoms with van der Waals surface area (Å²) in [7, 11) is 1.05. The van der Waals surface area contributed by atoms with Gasteiger partial charge in [-0.05, 0) is 11.9 Å². The average molecular weight is 211 g/mol. The van der Waals surface area contributed by atoms with Gasteiger partial charge in [-0.25, -0.2) is 0 Å². The van der Waals surface area contributed by atoms with Gasteiger partial charge in [-0.15, -0.1) is 10.00 Å². The van der Waals surface area contributed by atoms with E-state index in [0.29, 0.717) is 0 Å². The fourth-order valence-corrected chi connectivity index (χ4v) is 4.43. The van der Waals surface area contributed by atoms with E-state index in [2.05, 4.69) is 10.00 Å². The van der Waals surface area contributed by atoms with E-state index in [9.17, 15) is 0 Å². The number of halogens is 2. The van der Waals surface area contributed by atoms with Gasteiger partial charge in [0.25, 0.3) is 0 Å². The smallest absolute Gasteiger partial charge is 0.149 e. The van der Waals surface area contributed by atoms with Crippen LogP contribution in [0.2, 0.25) is 0 Å². The summed E-state index contributed by atoms with van der Waals surface area (Å²) in [5, 5.41) is 4.83. The van der Waals surface area contributed by atoms with Crippen molar-refractivity contribution in [2.45, 2.75) is 0 Å². The summed E-state index contributed by atoms with van der Waals surface area (Å²) < 4.78 is 0. The molecule has 0 aromatic carbocycles. The van der Waals surface area contributed by atoms with Crippen molar-refractivity contribution < 1.29 is 0 Å². The van der Waals surface area contributed by atoms with Gasteiger partial charge in [-0.2, -0.15) is 0 Å². The fraction of sp³-hybridized carbons (Fsp3) is 0. The topological polar surface area (TPSA) is 24.7 Å². The summed E-state index contributed by atoms with van der Waals surface area (Å²) >= 11 is 11.8. The van der Waals surface area contributed by atoms with Gasteiger partial charge in [-0.3, -0.25) is 0 Å². The van der Waals surface area contributed by atoms with E-state index in [4.69, 9.17) is 22.5 Å². The van der Waals surface area contributed by atoms with Crippen molar-refractivity contribution in [2.24, 2.45) is 10.00 Å². The van der Waals surface area contributed by atoms with Gasteiger partial charge in [0, 0.05) is 0 Å². The molecule has 0 N–H and O–H groups in total. The second-order valence-electron chi connectivity index (χ2n) is 1.83. The Kier molecular flexibility index (Phi) is 1.54. The Labute approximate surface area is 69.3 Å². The lowest BCUT2D eigenvalue weighted by Crippen LogP contribution is -1.78. The maximum absolute atomic E-state index is 5.88. The van der Waals surface area contributed by atoms with Crippen molar-refractivity contribution >= 4 is 47.3 Å². The molecule has 0 bridgehead atoms. The minimum Gasteiger partial charge on any atom is -0.149 e. The van der Waals surface area contributed by atoms with Crippen molar-refractivity contribution in [3.8, 4) is 0 Å². The quantitative estimate of drug-likeness (QED) is 0.548. The summed E-state index contributed by atoms with van der Waals surface area (Å²) in [4.78, 5) is 3.79. The number of allylic oxidation sites excluding steroid dienone is 2. The molecule has 2 aliphatic heterocycles. The van der Waals surface area contributed by atoms with E-state index < -0.39 is 5.74 Å². The molecular formula is C4H2Cl2N2P2. The standard InChI is InChI=1S/C4H2Cl2N2P2/c5-10(6)4-3(7-8-10)1-2-9-4/h1-2H. The van der Waals surface area contributed by atoms with Gasteiger partial charge in [-0.1, -0.05) is 30.7 Å². The molecule has 0 amide bonds. The minimum absolute atomic E-state index is 0.861. The summed E-state index contributed by atoms with van der Waals surface area (Å²) in [6.45, 7) is 0. The first kappa shape index (κ1) is 7.06. The first-order chi connectivity index (χ1) is 4.70. The average Bonchev–Trinajstić information content (AvgIpc) is 2.36. The Balaban J connectivity index is 2.71. The molecule has 2 nitrogen and oxygen atoms in total.